The number of ether oxygens (including phenoxy) is 3. The summed E-state index contributed by atoms with van der Waals surface area (Å²) in [7, 11) is 2.56. The average Bonchev–Trinajstić information content (AvgIpc) is 3.07. The van der Waals surface area contributed by atoms with Crippen molar-refractivity contribution in [3.63, 3.8) is 0 Å². The van der Waals surface area contributed by atoms with Crippen molar-refractivity contribution in [3.05, 3.63) is 46.2 Å². The van der Waals surface area contributed by atoms with Gasteiger partial charge in [-0.25, -0.2) is 4.79 Å². The zero-order valence-corrected chi connectivity index (χ0v) is 14.6. The molecule has 0 saturated heterocycles. The van der Waals surface area contributed by atoms with Crippen molar-refractivity contribution < 1.29 is 32.6 Å². The summed E-state index contributed by atoms with van der Waals surface area (Å²) in [6, 6.07) is 6.08. The van der Waals surface area contributed by atoms with Crippen molar-refractivity contribution in [1.82, 2.24) is 0 Å². The van der Waals surface area contributed by atoms with Gasteiger partial charge in [-0.3, -0.25) is 4.79 Å². The topological polar surface area (TPSA) is 73.9 Å². The van der Waals surface area contributed by atoms with Crippen LogP contribution in [0.4, 0.5) is 14.5 Å². The van der Waals surface area contributed by atoms with Crippen LogP contribution in [0.1, 0.15) is 15.2 Å². The number of para-hydroxylation sites is 1. The normalized spacial score (nSPS) is 10.8. The zero-order valence-electron chi connectivity index (χ0n) is 13.8. The van der Waals surface area contributed by atoms with Gasteiger partial charge in [0.1, 0.15) is 4.88 Å². The number of anilines is 1. The summed E-state index contributed by atoms with van der Waals surface area (Å²) >= 11 is 1.12. The molecule has 0 spiro atoms. The molecule has 0 bridgehead atoms. The van der Waals surface area contributed by atoms with Crippen molar-refractivity contribution in [1.29, 1.82) is 0 Å². The van der Waals surface area contributed by atoms with E-state index in [0.717, 1.165) is 17.4 Å². The SMILES string of the molecule is COC(=O)c1sccc1NC(=O)C=Cc1cccc(OC)c1OC(F)F. The van der Waals surface area contributed by atoms with E-state index in [0.29, 0.717) is 5.69 Å². The molecular weight excluding hydrogens is 368 g/mol. The number of rotatable bonds is 7. The van der Waals surface area contributed by atoms with Gasteiger partial charge in [0, 0.05) is 11.6 Å². The first-order valence-corrected chi connectivity index (χ1v) is 8.11. The first-order valence-electron chi connectivity index (χ1n) is 7.23. The van der Waals surface area contributed by atoms with Crippen molar-refractivity contribution in [2.75, 3.05) is 19.5 Å². The maximum Gasteiger partial charge on any atom is 0.387 e. The van der Waals surface area contributed by atoms with Gasteiger partial charge in [0.05, 0.1) is 19.9 Å². The van der Waals surface area contributed by atoms with Gasteiger partial charge in [0.15, 0.2) is 11.5 Å². The molecule has 0 aliphatic carbocycles. The van der Waals surface area contributed by atoms with Crippen LogP contribution in [0.5, 0.6) is 11.5 Å². The third kappa shape index (κ3) is 4.79. The Balaban J connectivity index is 2.18. The van der Waals surface area contributed by atoms with Crippen LogP contribution in [0.25, 0.3) is 6.08 Å². The highest BCUT2D eigenvalue weighted by molar-refractivity contribution is 7.12. The molecule has 0 fully saturated rings. The number of esters is 1. The first-order chi connectivity index (χ1) is 12.5. The van der Waals surface area contributed by atoms with Crippen LogP contribution in [-0.2, 0) is 9.53 Å². The number of nitrogens with one attached hydrogen (secondary N) is 1. The van der Waals surface area contributed by atoms with Gasteiger partial charge in [-0.05, 0) is 23.6 Å². The van der Waals surface area contributed by atoms with Gasteiger partial charge in [-0.15, -0.1) is 11.3 Å². The molecule has 0 atom stereocenters. The second-order valence-electron chi connectivity index (χ2n) is 4.73. The summed E-state index contributed by atoms with van der Waals surface area (Å²) in [5, 5.41) is 4.16. The summed E-state index contributed by atoms with van der Waals surface area (Å²) in [5.74, 6) is -1.20. The Hall–Kier alpha value is -2.94. The molecule has 1 N–H and O–H groups in total. The van der Waals surface area contributed by atoms with Crippen molar-refractivity contribution in [2.45, 2.75) is 6.61 Å². The van der Waals surface area contributed by atoms with Gasteiger partial charge < -0.3 is 19.5 Å². The minimum Gasteiger partial charge on any atom is -0.493 e. The first kappa shape index (κ1) is 19.4. The standard InChI is InChI=1S/C17H15F2NO5S/c1-23-12-5-3-4-10(14(12)25-17(18)19)6-7-13(21)20-11-8-9-26-15(11)16(22)24-2/h3-9,17H,1-2H3,(H,20,21). The maximum absolute atomic E-state index is 12.6. The lowest BCUT2D eigenvalue weighted by molar-refractivity contribution is -0.111. The molecule has 1 heterocycles. The average molecular weight is 383 g/mol. The van der Waals surface area contributed by atoms with E-state index >= 15 is 0 Å². The number of hydrogen-bond donors (Lipinski definition) is 1. The summed E-state index contributed by atoms with van der Waals surface area (Å²) < 4.78 is 39.3. The van der Waals surface area contributed by atoms with E-state index < -0.39 is 18.5 Å². The number of carbonyl (C=O) groups excluding carboxylic acids is 2. The minimum atomic E-state index is -3.04. The Morgan fingerprint density at radius 2 is 2.00 bits per heavy atom. The number of thiophene rings is 1. The lowest BCUT2D eigenvalue weighted by Crippen LogP contribution is -2.11. The monoisotopic (exact) mass is 383 g/mol. The summed E-state index contributed by atoms with van der Waals surface area (Å²) in [5.41, 5.74) is 0.532. The fourth-order valence-corrected chi connectivity index (χ4v) is 2.80. The predicted octanol–water partition coefficient (Wildman–Crippen LogP) is 3.80. The van der Waals surface area contributed by atoms with Gasteiger partial charge in [0.25, 0.3) is 0 Å². The molecule has 2 rings (SSSR count). The second kappa shape index (κ2) is 8.95. The van der Waals surface area contributed by atoms with Crippen LogP contribution in [0.15, 0.2) is 35.7 Å². The van der Waals surface area contributed by atoms with E-state index in [2.05, 4.69) is 14.8 Å². The van der Waals surface area contributed by atoms with Crippen LogP contribution in [0.3, 0.4) is 0 Å². The van der Waals surface area contributed by atoms with Crippen LogP contribution in [0.2, 0.25) is 0 Å². The van der Waals surface area contributed by atoms with Gasteiger partial charge in [-0.1, -0.05) is 12.1 Å². The van der Waals surface area contributed by atoms with E-state index in [4.69, 9.17) is 4.74 Å². The highest BCUT2D eigenvalue weighted by atomic mass is 32.1. The summed E-state index contributed by atoms with van der Waals surface area (Å²) in [6.45, 7) is -3.04. The van der Waals surface area contributed by atoms with Gasteiger partial charge >= 0.3 is 12.6 Å². The number of benzene rings is 1. The highest BCUT2D eigenvalue weighted by Gasteiger charge is 2.16. The van der Waals surface area contributed by atoms with E-state index in [9.17, 15) is 18.4 Å². The van der Waals surface area contributed by atoms with Crippen molar-refractivity contribution in [2.24, 2.45) is 0 Å². The highest BCUT2D eigenvalue weighted by Crippen LogP contribution is 2.33. The molecule has 0 radical (unpaired) electrons. The molecule has 6 nitrogen and oxygen atoms in total. The third-order valence-electron chi connectivity index (χ3n) is 3.14. The molecule has 26 heavy (non-hydrogen) atoms. The minimum absolute atomic E-state index is 0.110. The van der Waals surface area contributed by atoms with Crippen molar-refractivity contribution in [3.8, 4) is 11.5 Å². The molecule has 1 aromatic carbocycles. The van der Waals surface area contributed by atoms with E-state index in [1.165, 1.54) is 32.4 Å². The smallest absolute Gasteiger partial charge is 0.387 e. The van der Waals surface area contributed by atoms with Gasteiger partial charge in [-0.2, -0.15) is 8.78 Å². The van der Waals surface area contributed by atoms with Crippen LogP contribution in [-0.4, -0.2) is 32.7 Å². The molecule has 2 aromatic rings. The van der Waals surface area contributed by atoms with Crippen molar-refractivity contribution >= 4 is 35.0 Å². The van der Waals surface area contributed by atoms with E-state index in [1.54, 1.807) is 17.5 Å². The molecule has 0 unspecified atom stereocenters. The molecule has 0 aliphatic heterocycles. The van der Waals surface area contributed by atoms with Crippen LogP contribution >= 0.6 is 11.3 Å². The molecule has 0 saturated carbocycles. The molecular formula is C17H15F2NO5S. The number of hydrogen-bond acceptors (Lipinski definition) is 6. The largest absolute Gasteiger partial charge is 0.493 e. The quantitative estimate of drug-likeness (QED) is 0.582. The number of methoxy groups -OCH3 is 2. The lowest BCUT2D eigenvalue weighted by atomic mass is 10.1. The molecule has 9 heteroatoms. The van der Waals surface area contributed by atoms with E-state index in [1.807, 2.05) is 0 Å². The predicted molar refractivity (Wildman–Crippen MR) is 92.9 cm³/mol. The number of alkyl halides is 2. The summed E-state index contributed by atoms with van der Waals surface area (Å²) in [6.07, 6.45) is 2.44. The number of carbonyl (C=O) groups is 2. The Labute approximate surface area is 152 Å². The Bertz CT molecular complexity index is 819. The summed E-state index contributed by atoms with van der Waals surface area (Å²) in [4.78, 5) is 23.9. The second-order valence-corrected chi connectivity index (χ2v) is 5.65. The molecule has 1 amide bonds. The fraction of sp³-hybridized carbons (Fsp3) is 0.176. The molecule has 0 aliphatic rings. The maximum atomic E-state index is 12.6. The third-order valence-corrected chi connectivity index (χ3v) is 4.04. The number of halogens is 2. The Morgan fingerprint density at radius 3 is 2.65 bits per heavy atom. The molecule has 138 valence electrons. The fourth-order valence-electron chi connectivity index (χ4n) is 2.04. The molecule has 1 aromatic heterocycles. The Kier molecular flexibility index (Phi) is 6.67. The van der Waals surface area contributed by atoms with Crippen LogP contribution in [0, 0.1) is 0 Å². The van der Waals surface area contributed by atoms with Crippen LogP contribution < -0.4 is 14.8 Å². The zero-order chi connectivity index (χ0) is 19.1. The lowest BCUT2D eigenvalue weighted by Gasteiger charge is -2.12. The van der Waals surface area contributed by atoms with E-state index in [-0.39, 0.29) is 21.9 Å². The number of amides is 1. The Morgan fingerprint density at radius 1 is 1.23 bits per heavy atom. The van der Waals surface area contributed by atoms with Gasteiger partial charge in [0.2, 0.25) is 5.91 Å².